The lowest BCUT2D eigenvalue weighted by atomic mass is 9.72. The van der Waals surface area contributed by atoms with Gasteiger partial charge in [-0.05, 0) is 55.7 Å². The van der Waals surface area contributed by atoms with Crippen molar-refractivity contribution in [2.45, 2.75) is 24.8 Å². The topological polar surface area (TPSA) is 109 Å². The van der Waals surface area contributed by atoms with Gasteiger partial charge in [0.15, 0.2) is 11.6 Å². The maximum Gasteiger partial charge on any atom is 0.155 e. The Balaban J connectivity index is 1.43. The average molecular weight is 433 g/mol. The lowest BCUT2D eigenvalue weighted by Crippen LogP contribution is -2.51. The third-order valence-corrected chi connectivity index (χ3v) is 6.31. The van der Waals surface area contributed by atoms with Crippen LogP contribution in [0.25, 0.3) is 22.2 Å². The van der Waals surface area contributed by atoms with Gasteiger partial charge in [-0.15, -0.1) is 10.2 Å². The number of H-pyrrole nitrogens is 1. The summed E-state index contributed by atoms with van der Waals surface area (Å²) in [5.74, 6) is 1.17. The number of benzene rings is 1. The van der Waals surface area contributed by atoms with Crippen LogP contribution in [0.15, 0.2) is 48.7 Å². The molecule has 0 aliphatic heterocycles. The number of nitrogens with two attached hydrogens (primary N) is 1. The molecule has 0 spiro atoms. The molecule has 0 saturated heterocycles. The summed E-state index contributed by atoms with van der Waals surface area (Å²) in [5, 5.41) is 20.5. The molecule has 9 heteroatoms. The molecule has 0 amide bonds. The van der Waals surface area contributed by atoms with Gasteiger partial charge in [-0.2, -0.15) is 5.10 Å². The van der Waals surface area contributed by atoms with Crippen LogP contribution in [0.2, 0.25) is 0 Å². The Bertz CT molecular complexity index is 1230. The van der Waals surface area contributed by atoms with Crippen LogP contribution in [-0.2, 0) is 5.54 Å². The van der Waals surface area contributed by atoms with Crippen molar-refractivity contribution in [2.24, 2.45) is 5.73 Å². The molecule has 8 nitrogen and oxygen atoms in total. The number of pyridine rings is 1. The van der Waals surface area contributed by atoms with E-state index in [9.17, 15) is 4.39 Å². The first kappa shape index (κ1) is 20.3. The van der Waals surface area contributed by atoms with E-state index in [-0.39, 0.29) is 5.82 Å². The summed E-state index contributed by atoms with van der Waals surface area (Å²) in [4.78, 5) is 6.36. The van der Waals surface area contributed by atoms with Gasteiger partial charge in [-0.1, -0.05) is 6.07 Å². The maximum atomic E-state index is 14.5. The highest BCUT2D eigenvalue weighted by Crippen LogP contribution is 2.47. The molecule has 0 unspecified atom stereocenters. The molecular weight excluding hydrogens is 407 g/mol. The number of rotatable bonds is 7. The Labute approximate surface area is 185 Å². The smallest absolute Gasteiger partial charge is 0.155 e. The van der Waals surface area contributed by atoms with Gasteiger partial charge >= 0.3 is 0 Å². The van der Waals surface area contributed by atoms with Gasteiger partial charge in [0.1, 0.15) is 11.5 Å². The van der Waals surface area contributed by atoms with Crippen molar-refractivity contribution < 1.29 is 4.39 Å². The SMILES string of the molecule is CN(c1ccc(-c2ccc3[nH]nc(NCCN)c3c2)nn1)C1(c2ncccc2F)CCC1. The Morgan fingerprint density at radius 2 is 2.06 bits per heavy atom. The van der Waals surface area contributed by atoms with Crippen LogP contribution in [-0.4, -0.2) is 45.5 Å². The van der Waals surface area contributed by atoms with Crippen molar-refractivity contribution in [2.75, 3.05) is 30.4 Å². The Morgan fingerprint density at radius 3 is 2.75 bits per heavy atom. The lowest BCUT2D eigenvalue weighted by molar-refractivity contribution is 0.224. The molecule has 1 saturated carbocycles. The van der Waals surface area contributed by atoms with E-state index in [2.05, 4.69) is 30.7 Å². The molecule has 0 bridgehead atoms. The molecule has 5 rings (SSSR count). The summed E-state index contributed by atoms with van der Waals surface area (Å²) in [7, 11) is 1.93. The molecule has 3 heterocycles. The molecule has 164 valence electrons. The van der Waals surface area contributed by atoms with Crippen LogP contribution in [0.1, 0.15) is 25.0 Å². The first-order chi connectivity index (χ1) is 15.6. The summed E-state index contributed by atoms with van der Waals surface area (Å²) in [6.45, 7) is 1.17. The fourth-order valence-corrected chi connectivity index (χ4v) is 4.35. The summed E-state index contributed by atoms with van der Waals surface area (Å²) in [6.07, 6.45) is 4.33. The Hall–Kier alpha value is -3.59. The number of aromatic amines is 1. The minimum atomic E-state index is -0.485. The number of fused-ring (bicyclic) bond motifs is 1. The second kappa shape index (κ2) is 8.16. The first-order valence-corrected chi connectivity index (χ1v) is 10.7. The normalized spacial score (nSPS) is 14.8. The standard InChI is InChI=1S/C23H25FN8/c1-32(23(9-3-10-23)21-17(24)4-2-12-26-21)20-8-7-18(28-30-20)15-5-6-19-16(14-15)22(31-29-19)27-13-11-25/h2,4-8,12,14H,3,9-11,13,25H2,1H3,(H2,27,29,31). The van der Waals surface area contributed by atoms with Crippen LogP contribution in [0.4, 0.5) is 16.0 Å². The van der Waals surface area contributed by atoms with Crippen molar-refractivity contribution in [1.29, 1.82) is 0 Å². The minimum absolute atomic E-state index is 0.281. The molecule has 3 aromatic heterocycles. The predicted octanol–water partition coefficient (Wildman–Crippen LogP) is 3.44. The van der Waals surface area contributed by atoms with E-state index in [0.29, 0.717) is 24.6 Å². The number of nitrogens with one attached hydrogen (secondary N) is 2. The molecule has 1 aromatic carbocycles. The van der Waals surface area contributed by atoms with Crippen molar-refractivity contribution in [3.8, 4) is 11.3 Å². The van der Waals surface area contributed by atoms with Gasteiger partial charge in [0, 0.05) is 37.3 Å². The van der Waals surface area contributed by atoms with E-state index >= 15 is 0 Å². The number of anilines is 2. The van der Waals surface area contributed by atoms with Gasteiger partial charge in [0.2, 0.25) is 0 Å². The van der Waals surface area contributed by atoms with Gasteiger partial charge in [0.25, 0.3) is 0 Å². The Morgan fingerprint density at radius 1 is 1.19 bits per heavy atom. The van der Waals surface area contributed by atoms with Crippen molar-refractivity contribution in [3.63, 3.8) is 0 Å². The van der Waals surface area contributed by atoms with E-state index in [1.807, 2.05) is 42.3 Å². The van der Waals surface area contributed by atoms with E-state index in [1.54, 1.807) is 12.3 Å². The molecule has 0 atom stereocenters. The number of nitrogens with zero attached hydrogens (tertiary/aromatic N) is 5. The summed E-state index contributed by atoms with van der Waals surface area (Å²) in [5.41, 5.74) is 8.20. The molecule has 32 heavy (non-hydrogen) atoms. The lowest BCUT2D eigenvalue weighted by Gasteiger charge is -2.48. The van der Waals surface area contributed by atoms with Gasteiger partial charge in [-0.3, -0.25) is 10.1 Å². The second-order valence-corrected chi connectivity index (χ2v) is 8.10. The van der Waals surface area contributed by atoms with E-state index in [0.717, 1.165) is 47.2 Å². The largest absolute Gasteiger partial charge is 0.367 e. The summed E-state index contributed by atoms with van der Waals surface area (Å²) < 4.78 is 14.5. The third-order valence-electron chi connectivity index (χ3n) is 6.31. The van der Waals surface area contributed by atoms with Crippen LogP contribution < -0.4 is 16.0 Å². The number of hydrogen-bond acceptors (Lipinski definition) is 7. The van der Waals surface area contributed by atoms with E-state index in [4.69, 9.17) is 5.73 Å². The summed E-state index contributed by atoms with van der Waals surface area (Å²) >= 11 is 0. The van der Waals surface area contributed by atoms with Crippen molar-refractivity contribution in [3.05, 3.63) is 60.2 Å². The zero-order valence-electron chi connectivity index (χ0n) is 17.8. The fraction of sp³-hybridized carbons (Fsp3) is 0.304. The zero-order chi connectivity index (χ0) is 22.1. The van der Waals surface area contributed by atoms with Gasteiger partial charge in [0.05, 0.1) is 16.7 Å². The van der Waals surface area contributed by atoms with Crippen LogP contribution >= 0.6 is 0 Å². The predicted molar refractivity (Wildman–Crippen MR) is 123 cm³/mol. The maximum absolute atomic E-state index is 14.5. The first-order valence-electron chi connectivity index (χ1n) is 10.7. The van der Waals surface area contributed by atoms with E-state index in [1.165, 1.54) is 6.07 Å². The highest BCUT2D eigenvalue weighted by Gasteiger charge is 2.46. The molecule has 4 aromatic rings. The molecule has 1 aliphatic carbocycles. The molecular formula is C23H25FN8. The van der Waals surface area contributed by atoms with Crippen molar-refractivity contribution >= 4 is 22.5 Å². The van der Waals surface area contributed by atoms with Crippen molar-refractivity contribution in [1.82, 2.24) is 25.4 Å². The quantitative estimate of drug-likeness (QED) is 0.410. The van der Waals surface area contributed by atoms with Crippen LogP contribution in [0, 0.1) is 5.82 Å². The monoisotopic (exact) mass is 432 g/mol. The van der Waals surface area contributed by atoms with Crippen LogP contribution in [0.3, 0.4) is 0 Å². The average Bonchev–Trinajstić information content (AvgIpc) is 3.20. The van der Waals surface area contributed by atoms with Gasteiger partial charge < -0.3 is 16.0 Å². The van der Waals surface area contributed by atoms with Gasteiger partial charge in [-0.25, -0.2) is 4.39 Å². The third kappa shape index (κ3) is 3.34. The molecule has 1 fully saturated rings. The molecule has 1 aliphatic rings. The second-order valence-electron chi connectivity index (χ2n) is 8.10. The minimum Gasteiger partial charge on any atom is -0.367 e. The zero-order valence-corrected chi connectivity index (χ0v) is 17.8. The number of aromatic nitrogens is 5. The fourth-order valence-electron chi connectivity index (χ4n) is 4.35. The summed E-state index contributed by atoms with van der Waals surface area (Å²) in [6, 6.07) is 12.9. The van der Waals surface area contributed by atoms with Crippen LogP contribution in [0.5, 0.6) is 0 Å². The van der Waals surface area contributed by atoms with E-state index < -0.39 is 5.54 Å². The highest BCUT2D eigenvalue weighted by atomic mass is 19.1. The number of halogens is 1. The Kier molecular flexibility index (Phi) is 5.18. The highest BCUT2D eigenvalue weighted by molar-refractivity contribution is 5.92. The number of hydrogen-bond donors (Lipinski definition) is 3. The molecule has 4 N–H and O–H groups in total. The molecule has 0 radical (unpaired) electrons.